The molecule has 5 nitrogen and oxygen atoms in total. The predicted octanol–water partition coefficient (Wildman–Crippen LogP) is 8.70. The highest BCUT2D eigenvalue weighted by molar-refractivity contribution is 5.37. The van der Waals surface area contributed by atoms with Gasteiger partial charge < -0.3 is 10.6 Å². The van der Waals surface area contributed by atoms with Crippen LogP contribution in [-0.2, 0) is 0 Å². The van der Waals surface area contributed by atoms with E-state index >= 15 is 0 Å². The lowest BCUT2D eigenvalue weighted by molar-refractivity contribution is 0.512. The summed E-state index contributed by atoms with van der Waals surface area (Å²) in [4.78, 5) is 15.1. The van der Waals surface area contributed by atoms with Crippen molar-refractivity contribution in [3.8, 4) is 0 Å². The number of allylic oxidation sites excluding steroid dienone is 1. The molecule has 4 rings (SSSR count). The number of aromatic nitrogens is 3. The van der Waals surface area contributed by atoms with Crippen molar-refractivity contribution in [3.05, 3.63) is 18.0 Å². The van der Waals surface area contributed by atoms with Gasteiger partial charge in [0.15, 0.2) is 0 Å². The number of hydrogen-bond acceptors (Lipinski definition) is 5. The van der Waals surface area contributed by atoms with Gasteiger partial charge in [-0.3, -0.25) is 0 Å². The molecule has 1 unspecified atom stereocenters. The van der Waals surface area contributed by atoms with Gasteiger partial charge in [0.1, 0.15) is 5.82 Å². The first-order valence-electron chi connectivity index (χ1n) is 15.3. The molecule has 3 aliphatic carbocycles. The van der Waals surface area contributed by atoms with E-state index in [4.69, 9.17) is 15.0 Å². The van der Waals surface area contributed by atoms with Gasteiger partial charge in [0, 0.05) is 18.0 Å². The van der Waals surface area contributed by atoms with E-state index < -0.39 is 0 Å². The van der Waals surface area contributed by atoms with Gasteiger partial charge in [0.2, 0.25) is 11.9 Å². The number of hydrogen-bond donors (Lipinski definition) is 2. The molecule has 0 amide bonds. The van der Waals surface area contributed by atoms with Gasteiger partial charge in [-0.15, -0.1) is 0 Å². The minimum absolute atomic E-state index is 0.321. The molecule has 0 aromatic carbocycles. The van der Waals surface area contributed by atoms with Crippen LogP contribution in [-0.4, -0.2) is 27.0 Å². The molecule has 2 fully saturated rings. The van der Waals surface area contributed by atoms with Crippen molar-refractivity contribution < 1.29 is 0 Å². The molecule has 2 N–H and O–H groups in total. The van der Waals surface area contributed by atoms with Crippen LogP contribution in [0.2, 0.25) is 0 Å². The van der Waals surface area contributed by atoms with E-state index in [1.54, 1.807) is 0 Å². The van der Waals surface area contributed by atoms with E-state index in [0.29, 0.717) is 18.0 Å². The van der Waals surface area contributed by atoms with E-state index in [1.165, 1.54) is 135 Å². The molecule has 1 heterocycles. The summed E-state index contributed by atoms with van der Waals surface area (Å²) in [6, 6.07) is 0.808. The predicted molar refractivity (Wildman–Crippen MR) is 148 cm³/mol. The second-order valence-electron chi connectivity index (χ2n) is 11.4. The van der Waals surface area contributed by atoms with Crippen LogP contribution in [0.15, 0.2) is 12.2 Å². The van der Waals surface area contributed by atoms with Crippen LogP contribution < -0.4 is 10.6 Å². The van der Waals surface area contributed by atoms with Gasteiger partial charge in [0.25, 0.3) is 0 Å². The number of anilines is 2. The zero-order chi connectivity index (χ0) is 24.0. The molecule has 5 heteroatoms. The van der Waals surface area contributed by atoms with Gasteiger partial charge in [0.05, 0.1) is 0 Å². The summed E-state index contributed by atoms with van der Waals surface area (Å²) in [5, 5.41) is 7.50. The molecule has 1 atom stereocenters. The number of rotatable bonds is 5. The first kappa shape index (κ1) is 26.4. The summed E-state index contributed by atoms with van der Waals surface area (Å²) >= 11 is 0. The molecule has 2 saturated carbocycles. The second kappa shape index (κ2) is 15.5. The molecular weight excluding hydrogens is 430 g/mol. The second-order valence-corrected chi connectivity index (χ2v) is 11.4. The first-order valence-corrected chi connectivity index (χ1v) is 15.3. The van der Waals surface area contributed by atoms with Crippen molar-refractivity contribution >= 4 is 11.9 Å². The minimum Gasteiger partial charge on any atom is -0.351 e. The van der Waals surface area contributed by atoms with Crippen LogP contribution in [0.5, 0.6) is 0 Å². The molecule has 196 valence electrons. The van der Waals surface area contributed by atoms with Crippen LogP contribution in [0.1, 0.15) is 153 Å². The van der Waals surface area contributed by atoms with Gasteiger partial charge in [-0.1, -0.05) is 108 Å². The topological polar surface area (TPSA) is 62.7 Å². The summed E-state index contributed by atoms with van der Waals surface area (Å²) in [5.74, 6) is 3.10. The van der Waals surface area contributed by atoms with Crippen molar-refractivity contribution in [3.63, 3.8) is 0 Å². The van der Waals surface area contributed by atoms with Gasteiger partial charge >= 0.3 is 0 Å². The molecule has 3 aliphatic rings. The highest BCUT2D eigenvalue weighted by atomic mass is 15.2. The van der Waals surface area contributed by atoms with E-state index in [0.717, 1.165) is 24.1 Å². The molecular formula is C30H51N5. The molecule has 35 heavy (non-hydrogen) atoms. The number of nitrogens with zero attached hydrogens (tertiary/aromatic N) is 3. The Morgan fingerprint density at radius 1 is 0.514 bits per heavy atom. The largest absolute Gasteiger partial charge is 0.351 e. The lowest BCUT2D eigenvalue weighted by atomic mass is 9.96. The molecule has 0 aliphatic heterocycles. The Morgan fingerprint density at radius 2 is 1.03 bits per heavy atom. The first-order chi connectivity index (χ1) is 17.4. The van der Waals surface area contributed by atoms with Crippen molar-refractivity contribution in [2.24, 2.45) is 0 Å². The molecule has 1 aromatic rings. The van der Waals surface area contributed by atoms with Crippen LogP contribution in [0.3, 0.4) is 0 Å². The smallest absolute Gasteiger partial charge is 0.228 e. The third kappa shape index (κ3) is 9.73. The quantitative estimate of drug-likeness (QED) is 0.412. The summed E-state index contributed by atoms with van der Waals surface area (Å²) in [6.45, 7) is 0. The Hall–Kier alpha value is -1.65. The Bertz CT molecular complexity index is 728. The van der Waals surface area contributed by atoms with Crippen molar-refractivity contribution in [1.29, 1.82) is 0 Å². The van der Waals surface area contributed by atoms with Gasteiger partial charge in [-0.2, -0.15) is 15.0 Å². The Balaban J connectivity index is 1.53. The van der Waals surface area contributed by atoms with Crippen LogP contribution in [0.4, 0.5) is 11.9 Å². The van der Waals surface area contributed by atoms with Crippen molar-refractivity contribution in [2.45, 2.75) is 159 Å². The van der Waals surface area contributed by atoms with E-state index in [9.17, 15) is 0 Å². The average Bonchev–Trinajstić information content (AvgIpc) is 3.15. The molecule has 0 saturated heterocycles. The molecule has 0 spiro atoms. The SMILES string of the molecule is C1=CC(Nc2nc(NC3CCCCCCCC3)nc(C3CCCCCCCC3)n2)CCCCCC1. The Kier molecular flexibility index (Phi) is 11.7. The third-order valence-corrected chi connectivity index (χ3v) is 8.38. The maximum atomic E-state index is 5.08. The Morgan fingerprint density at radius 3 is 1.69 bits per heavy atom. The zero-order valence-electron chi connectivity index (χ0n) is 22.3. The fourth-order valence-corrected chi connectivity index (χ4v) is 6.18. The van der Waals surface area contributed by atoms with Crippen molar-refractivity contribution in [2.75, 3.05) is 10.6 Å². The highest BCUT2D eigenvalue weighted by Crippen LogP contribution is 2.30. The lowest BCUT2D eigenvalue weighted by Crippen LogP contribution is -2.24. The number of nitrogens with one attached hydrogen (secondary N) is 2. The van der Waals surface area contributed by atoms with E-state index in [2.05, 4.69) is 22.8 Å². The minimum atomic E-state index is 0.321. The third-order valence-electron chi connectivity index (χ3n) is 8.38. The summed E-state index contributed by atoms with van der Waals surface area (Å²) in [5.41, 5.74) is 0. The van der Waals surface area contributed by atoms with E-state index in [1.807, 2.05) is 0 Å². The molecule has 0 bridgehead atoms. The van der Waals surface area contributed by atoms with Crippen LogP contribution in [0, 0.1) is 0 Å². The Labute approximate surface area is 214 Å². The maximum Gasteiger partial charge on any atom is 0.228 e. The average molecular weight is 482 g/mol. The normalized spacial score (nSPS) is 24.9. The summed E-state index contributed by atoms with van der Waals surface area (Å²) in [6.07, 6.45) is 33.5. The van der Waals surface area contributed by atoms with Gasteiger partial charge in [-0.05, 0) is 44.9 Å². The van der Waals surface area contributed by atoms with E-state index in [-0.39, 0.29) is 0 Å². The zero-order valence-corrected chi connectivity index (χ0v) is 22.3. The van der Waals surface area contributed by atoms with Crippen LogP contribution >= 0.6 is 0 Å². The van der Waals surface area contributed by atoms with Gasteiger partial charge in [-0.25, -0.2) is 0 Å². The maximum absolute atomic E-state index is 5.08. The van der Waals surface area contributed by atoms with Crippen molar-refractivity contribution in [1.82, 2.24) is 15.0 Å². The monoisotopic (exact) mass is 481 g/mol. The molecule has 1 aromatic heterocycles. The fourth-order valence-electron chi connectivity index (χ4n) is 6.18. The summed E-state index contributed by atoms with van der Waals surface area (Å²) in [7, 11) is 0. The standard InChI is InChI=1S/C30H51N5/c1-2-8-14-20-25(19-13-7-1)28-33-29(31-26-21-15-9-3-4-10-16-22-26)35-30(34-28)32-27-23-17-11-5-6-12-18-24-27/h15,21,25-27H,1-14,16-20,22-24H2,(H2,31,32,33,34,35). The highest BCUT2D eigenvalue weighted by Gasteiger charge is 2.21. The summed E-state index contributed by atoms with van der Waals surface area (Å²) < 4.78 is 0. The van der Waals surface area contributed by atoms with Crippen LogP contribution in [0.25, 0.3) is 0 Å². The fraction of sp³-hybridized carbons (Fsp3) is 0.833. The molecule has 0 radical (unpaired) electrons. The lowest BCUT2D eigenvalue weighted by Gasteiger charge is -2.22.